The Morgan fingerprint density at radius 2 is 1.62 bits per heavy atom. The van der Waals surface area contributed by atoms with Gasteiger partial charge in [0.2, 0.25) is 17.7 Å². The van der Waals surface area contributed by atoms with E-state index in [9.17, 15) is 19.2 Å². The van der Waals surface area contributed by atoms with Crippen LogP contribution in [0.1, 0.15) is 72.3 Å². The molecule has 0 unspecified atom stereocenters. The van der Waals surface area contributed by atoms with Gasteiger partial charge >= 0.3 is 5.97 Å². The van der Waals surface area contributed by atoms with Crippen molar-refractivity contribution in [3.63, 3.8) is 0 Å². The van der Waals surface area contributed by atoms with Crippen molar-refractivity contribution in [2.45, 2.75) is 97.4 Å². The average Bonchev–Trinajstić information content (AvgIpc) is 2.92. The summed E-state index contributed by atoms with van der Waals surface area (Å²) in [6.07, 6.45) is 2.87. The first-order valence-corrected chi connectivity index (χ1v) is 14.2. The van der Waals surface area contributed by atoms with Crippen LogP contribution in [-0.2, 0) is 30.3 Å². The van der Waals surface area contributed by atoms with Gasteiger partial charge < -0.3 is 20.7 Å². The van der Waals surface area contributed by atoms with Crippen molar-refractivity contribution < 1.29 is 23.9 Å². The molecule has 39 heavy (non-hydrogen) atoms. The zero-order valence-corrected chi connectivity index (χ0v) is 23.8. The van der Waals surface area contributed by atoms with E-state index in [1.54, 1.807) is 6.92 Å². The third-order valence-electron chi connectivity index (χ3n) is 7.72. The van der Waals surface area contributed by atoms with Gasteiger partial charge in [-0.25, -0.2) is 4.79 Å². The van der Waals surface area contributed by atoms with Crippen molar-refractivity contribution >= 4 is 34.5 Å². The van der Waals surface area contributed by atoms with Crippen LogP contribution in [0.25, 0.3) is 10.8 Å². The number of cyclic esters (lactones) is 1. The molecule has 1 aliphatic rings. The first-order valence-electron chi connectivity index (χ1n) is 14.2. The normalized spacial score (nSPS) is 24.7. The number of hydrogen-bond donors (Lipinski definition) is 3. The third kappa shape index (κ3) is 8.28. The molecule has 8 nitrogen and oxygen atoms in total. The van der Waals surface area contributed by atoms with E-state index in [4.69, 9.17) is 4.74 Å². The number of nitrogens with one attached hydrogen (secondary N) is 3. The Kier molecular flexibility index (Phi) is 10.9. The quantitative estimate of drug-likeness (QED) is 0.440. The summed E-state index contributed by atoms with van der Waals surface area (Å²) >= 11 is 0. The average molecular weight is 538 g/mol. The molecule has 3 rings (SSSR count). The SMILES string of the molecule is CCCC[C@H](C)[C@H]1CC(=O)N[C@@H](Cc2ccc3ccccc3c2)C(=O)N[C@@H](C)C(=O)N[C@H]([C@@H](C)CC)C(=O)O1. The van der Waals surface area contributed by atoms with E-state index < -0.39 is 42.0 Å². The second-order valence-electron chi connectivity index (χ2n) is 10.9. The van der Waals surface area contributed by atoms with Crippen molar-refractivity contribution in [2.75, 3.05) is 0 Å². The fourth-order valence-electron chi connectivity index (χ4n) is 4.87. The smallest absolute Gasteiger partial charge is 0.329 e. The van der Waals surface area contributed by atoms with Crippen LogP contribution in [0.4, 0.5) is 0 Å². The molecule has 0 saturated carbocycles. The Balaban J connectivity index is 1.92. The van der Waals surface area contributed by atoms with E-state index >= 15 is 0 Å². The van der Waals surface area contributed by atoms with E-state index in [0.29, 0.717) is 6.42 Å². The highest BCUT2D eigenvalue weighted by molar-refractivity contribution is 5.94. The predicted octanol–water partition coefficient (Wildman–Crippen LogP) is 4.04. The summed E-state index contributed by atoms with van der Waals surface area (Å²) in [4.78, 5) is 53.0. The summed E-state index contributed by atoms with van der Waals surface area (Å²) in [5.74, 6) is -2.11. The summed E-state index contributed by atoms with van der Waals surface area (Å²) in [7, 11) is 0. The molecular weight excluding hydrogens is 494 g/mol. The van der Waals surface area contributed by atoms with E-state index in [2.05, 4.69) is 22.9 Å². The molecule has 1 fully saturated rings. The number of benzene rings is 2. The van der Waals surface area contributed by atoms with Crippen LogP contribution >= 0.6 is 0 Å². The fraction of sp³-hybridized carbons (Fsp3) is 0.548. The van der Waals surface area contributed by atoms with Gasteiger partial charge in [-0.1, -0.05) is 89.4 Å². The van der Waals surface area contributed by atoms with Crippen LogP contribution in [0.3, 0.4) is 0 Å². The molecule has 1 aliphatic heterocycles. The Morgan fingerprint density at radius 1 is 0.897 bits per heavy atom. The molecule has 6 atom stereocenters. The molecule has 1 saturated heterocycles. The van der Waals surface area contributed by atoms with E-state index in [-0.39, 0.29) is 30.6 Å². The fourth-order valence-corrected chi connectivity index (χ4v) is 4.87. The second-order valence-corrected chi connectivity index (χ2v) is 10.9. The summed E-state index contributed by atoms with van der Waals surface area (Å²) in [6, 6.07) is 11.2. The number of rotatable bonds is 8. The van der Waals surface area contributed by atoms with Crippen molar-refractivity contribution in [1.82, 2.24) is 16.0 Å². The Bertz CT molecular complexity index is 1170. The molecule has 0 aromatic heterocycles. The maximum atomic E-state index is 13.4. The molecule has 0 spiro atoms. The van der Waals surface area contributed by atoms with Gasteiger partial charge in [-0.15, -0.1) is 0 Å². The lowest BCUT2D eigenvalue weighted by atomic mass is 9.94. The number of esters is 1. The van der Waals surface area contributed by atoms with Gasteiger partial charge in [0.25, 0.3) is 0 Å². The summed E-state index contributed by atoms with van der Waals surface area (Å²) in [6.45, 7) is 9.42. The zero-order chi connectivity index (χ0) is 28.5. The van der Waals surface area contributed by atoms with Crippen LogP contribution < -0.4 is 16.0 Å². The number of ether oxygens (including phenoxy) is 1. The second kappa shape index (κ2) is 14.1. The molecule has 2 aromatic rings. The van der Waals surface area contributed by atoms with Crippen molar-refractivity contribution in [3.05, 3.63) is 48.0 Å². The number of carbonyl (C=O) groups is 4. The molecular formula is C31H43N3O5. The topological polar surface area (TPSA) is 114 Å². The summed E-state index contributed by atoms with van der Waals surface area (Å²) in [5.41, 5.74) is 0.881. The highest BCUT2D eigenvalue weighted by atomic mass is 16.5. The minimum Gasteiger partial charge on any atom is -0.460 e. The van der Waals surface area contributed by atoms with Gasteiger partial charge in [-0.3, -0.25) is 14.4 Å². The Labute approximate surface area is 231 Å². The van der Waals surface area contributed by atoms with Crippen molar-refractivity contribution in [2.24, 2.45) is 11.8 Å². The maximum absolute atomic E-state index is 13.4. The van der Waals surface area contributed by atoms with Gasteiger partial charge in [0.05, 0.1) is 6.42 Å². The monoisotopic (exact) mass is 537 g/mol. The molecule has 2 aromatic carbocycles. The molecule has 212 valence electrons. The number of carbonyl (C=O) groups excluding carboxylic acids is 4. The number of fused-ring (bicyclic) bond motifs is 1. The third-order valence-corrected chi connectivity index (χ3v) is 7.72. The molecule has 0 aliphatic carbocycles. The first kappa shape index (κ1) is 30.1. The van der Waals surface area contributed by atoms with E-state index in [0.717, 1.165) is 35.6 Å². The van der Waals surface area contributed by atoms with Crippen LogP contribution in [0.15, 0.2) is 42.5 Å². The summed E-state index contributed by atoms with van der Waals surface area (Å²) in [5, 5.41) is 10.5. The molecule has 1 heterocycles. The minimum atomic E-state index is -0.909. The van der Waals surface area contributed by atoms with Gasteiger partial charge in [0.15, 0.2) is 0 Å². The van der Waals surface area contributed by atoms with Gasteiger partial charge in [0, 0.05) is 6.42 Å². The van der Waals surface area contributed by atoms with Gasteiger partial charge in [-0.05, 0) is 41.5 Å². The molecule has 3 N–H and O–H groups in total. The molecule has 0 radical (unpaired) electrons. The van der Waals surface area contributed by atoms with Crippen LogP contribution in [0, 0.1) is 11.8 Å². The summed E-state index contributed by atoms with van der Waals surface area (Å²) < 4.78 is 5.92. The van der Waals surface area contributed by atoms with Crippen molar-refractivity contribution in [1.29, 1.82) is 0 Å². The minimum absolute atomic E-state index is 0.0607. The van der Waals surface area contributed by atoms with Crippen molar-refractivity contribution in [3.8, 4) is 0 Å². The Morgan fingerprint density at radius 3 is 2.31 bits per heavy atom. The van der Waals surface area contributed by atoms with Crippen LogP contribution in [0.5, 0.6) is 0 Å². The van der Waals surface area contributed by atoms with E-state index in [1.165, 1.54) is 0 Å². The maximum Gasteiger partial charge on any atom is 0.329 e. The Hall–Kier alpha value is -3.42. The molecule has 3 amide bonds. The van der Waals surface area contributed by atoms with Gasteiger partial charge in [0.1, 0.15) is 24.2 Å². The van der Waals surface area contributed by atoms with Crippen LogP contribution in [0.2, 0.25) is 0 Å². The predicted molar refractivity (Wildman–Crippen MR) is 152 cm³/mol. The van der Waals surface area contributed by atoms with E-state index in [1.807, 2.05) is 63.2 Å². The first-order chi connectivity index (χ1) is 18.6. The lowest BCUT2D eigenvalue weighted by Gasteiger charge is -2.29. The lowest BCUT2D eigenvalue weighted by Crippen LogP contribution is -2.55. The zero-order valence-electron chi connectivity index (χ0n) is 23.8. The highest BCUT2D eigenvalue weighted by Gasteiger charge is 2.35. The standard InChI is InChI=1S/C31H43N3O5/c1-6-8-11-20(4)26-18-27(35)33-25(17-22-14-15-23-12-9-10-13-24(23)16-22)30(37)32-21(5)29(36)34-28(19(3)7-2)31(38)39-26/h9-10,12-16,19-21,25-26,28H,6-8,11,17-18H2,1-5H3,(H,32,37)(H,33,35)(H,34,36)/t19-,20-,21-,25-,26+,28+/m0/s1. The number of hydrogen-bond acceptors (Lipinski definition) is 5. The molecule has 0 bridgehead atoms. The van der Waals surface area contributed by atoms with Gasteiger partial charge in [-0.2, -0.15) is 0 Å². The number of amides is 3. The number of unbranched alkanes of at least 4 members (excludes halogenated alkanes) is 1. The van der Waals surface area contributed by atoms with Crippen LogP contribution in [-0.4, -0.2) is 47.9 Å². The lowest BCUT2D eigenvalue weighted by molar-refractivity contribution is -0.158. The largest absolute Gasteiger partial charge is 0.460 e. The molecule has 8 heteroatoms. The highest BCUT2D eigenvalue weighted by Crippen LogP contribution is 2.22.